The van der Waals surface area contributed by atoms with E-state index in [4.69, 9.17) is 0 Å². The number of aromatic amines is 1. The van der Waals surface area contributed by atoms with E-state index >= 15 is 0 Å². The Morgan fingerprint density at radius 3 is 2.70 bits per heavy atom. The van der Waals surface area contributed by atoms with Crippen LogP contribution in [-0.2, 0) is 4.79 Å². The van der Waals surface area contributed by atoms with E-state index in [9.17, 15) is 14.0 Å². The molecule has 20 heavy (non-hydrogen) atoms. The first-order chi connectivity index (χ1) is 9.54. The summed E-state index contributed by atoms with van der Waals surface area (Å²) in [6.45, 7) is 0. The summed E-state index contributed by atoms with van der Waals surface area (Å²) in [6, 6.07) is 7.20. The van der Waals surface area contributed by atoms with Crippen molar-refractivity contribution >= 4 is 33.6 Å². The third-order valence-corrected chi connectivity index (χ3v) is 2.88. The Hall–Kier alpha value is -2.21. The highest BCUT2D eigenvalue weighted by Gasteiger charge is 2.03. The van der Waals surface area contributed by atoms with Crippen LogP contribution in [0.4, 0.5) is 10.1 Å². The molecule has 2 rings (SSSR count). The normalized spacial score (nSPS) is 10.7. The Labute approximate surface area is 122 Å². The molecule has 1 amide bonds. The molecule has 1 heterocycles. The van der Waals surface area contributed by atoms with E-state index in [2.05, 4.69) is 26.2 Å². The largest absolute Gasteiger partial charge is 0.326 e. The molecule has 0 unspecified atom stereocenters. The van der Waals surface area contributed by atoms with Gasteiger partial charge in [-0.25, -0.2) is 4.39 Å². The smallest absolute Gasteiger partial charge is 0.271 e. The summed E-state index contributed by atoms with van der Waals surface area (Å²) in [7, 11) is 0. The van der Waals surface area contributed by atoms with Gasteiger partial charge in [0.05, 0.1) is 0 Å². The van der Waals surface area contributed by atoms with E-state index in [1.54, 1.807) is 12.1 Å². The highest BCUT2D eigenvalue weighted by Crippen LogP contribution is 2.10. The topological polar surface area (TPSA) is 62.0 Å². The second kappa shape index (κ2) is 6.29. The zero-order valence-corrected chi connectivity index (χ0v) is 11.8. The van der Waals surface area contributed by atoms with Gasteiger partial charge in [-0.1, -0.05) is 12.1 Å². The number of H-pyrrole nitrogens is 1. The standard InChI is InChI=1S/C14H10BrFN2O2/c15-10-7-12(14(20)17-8-10)18-13(19)6-3-9-1-4-11(16)5-2-9/h1-8H,(H,17,20)(H,18,19)/b6-3+. The van der Waals surface area contributed by atoms with E-state index in [0.717, 1.165) is 0 Å². The van der Waals surface area contributed by atoms with Crippen LogP contribution >= 0.6 is 15.9 Å². The SMILES string of the molecule is O=C(/C=C/c1ccc(F)cc1)Nc1cc(Br)c[nH]c1=O. The lowest BCUT2D eigenvalue weighted by atomic mass is 10.2. The van der Waals surface area contributed by atoms with Crippen LogP contribution in [0, 0.1) is 5.82 Å². The maximum Gasteiger partial charge on any atom is 0.271 e. The summed E-state index contributed by atoms with van der Waals surface area (Å²) in [6.07, 6.45) is 4.28. The summed E-state index contributed by atoms with van der Waals surface area (Å²) in [5.74, 6) is -0.787. The van der Waals surface area contributed by atoms with Gasteiger partial charge < -0.3 is 10.3 Å². The van der Waals surface area contributed by atoms with Crippen molar-refractivity contribution in [3.8, 4) is 0 Å². The van der Waals surface area contributed by atoms with Gasteiger partial charge in [-0.05, 0) is 45.8 Å². The lowest BCUT2D eigenvalue weighted by molar-refractivity contribution is -0.111. The maximum atomic E-state index is 12.7. The molecule has 0 saturated carbocycles. The van der Waals surface area contributed by atoms with Crippen molar-refractivity contribution in [1.29, 1.82) is 0 Å². The molecule has 0 aliphatic heterocycles. The Morgan fingerprint density at radius 1 is 1.30 bits per heavy atom. The van der Waals surface area contributed by atoms with Crippen molar-refractivity contribution in [3.05, 3.63) is 68.8 Å². The highest BCUT2D eigenvalue weighted by atomic mass is 79.9. The van der Waals surface area contributed by atoms with E-state index in [-0.39, 0.29) is 11.5 Å². The molecule has 0 aliphatic rings. The van der Waals surface area contributed by atoms with Gasteiger partial charge in [-0.15, -0.1) is 0 Å². The first-order valence-electron chi connectivity index (χ1n) is 5.67. The summed E-state index contributed by atoms with van der Waals surface area (Å²) >= 11 is 3.19. The minimum Gasteiger partial charge on any atom is -0.326 e. The molecule has 1 aromatic carbocycles. The fraction of sp³-hybridized carbons (Fsp3) is 0. The second-order valence-electron chi connectivity index (χ2n) is 3.93. The van der Waals surface area contributed by atoms with Gasteiger partial charge in [-0.2, -0.15) is 0 Å². The van der Waals surface area contributed by atoms with Crippen LogP contribution in [0.15, 0.2) is 51.9 Å². The lowest BCUT2D eigenvalue weighted by Gasteiger charge is -2.01. The van der Waals surface area contributed by atoms with Crippen LogP contribution in [-0.4, -0.2) is 10.9 Å². The molecule has 0 radical (unpaired) electrons. The number of pyridine rings is 1. The van der Waals surface area contributed by atoms with Crippen molar-refractivity contribution < 1.29 is 9.18 Å². The molecule has 0 atom stereocenters. The number of nitrogens with one attached hydrogen (secondary N) is 2. The first-order valence-corrected chi connectivity index (χ1v) is 6.47. The summed E-state index contributed by atoms with van der Waals surface area (Å²) in [5, 5.41) is 2.46. The summed E-state index contributed by atoms with van der Waals surface area (Å²) in [5.41, 5.74) is 0.439. The molecular weight excluding hydrogens is 327 g/mol. The first kappa shape index (κ1) is 14.2. The average Bonchev–Trinajstić information content (AvgIpc) is 2.42. The summed E-state index contributed by atoms with van der Waals surface area (Å²) < 4.78 is 13.4. The number of carbonyl (C=O) groups is 1. The van der Waals surface area contributed by atoms with Crippen molar-refractivity contribution in [1.82, 2.24) is 4.98 Å². The van der Waals surface area contributed by atoms with E-state index < -0.39 is 11.5 Å². The Kier molecular flexibility index (Phi) is 4.47. The fourth-order valence-electron chi connectivity index (χ4n) is 1.47. The molecule has 6 heteroatoms. The van der Waals surface area contributed by atoms with E-state index in [1.807, 2.05) is 0 Å². The molecule has 0 aliphatic carbocycles. The number of aromatic nitrogens is 1. The number of benzene rings is 1. The Bertz CT molecular complexity index is 708. The van der Waals surface area contributed by atoms with Crippen molar-refractivity contribution in [3.63, 3.8) is 0 Å². The fourth-order valence-corrected chi connectivity index (χ4v) is 1.81. The third kappa shape index (κ3) is 3.89. The number of rotatable bonds is 3. The number of hydrogen-bond acceptors (Lipinski definition) is 2. The molecule has 102 valence electrons. The van der Waals surface area contributed by atoms with Gasteiger partial charge in [0.25, 0.3) is 5.56 Å². The van der Waals surface area contributed by atoms with Crippen molar-refractivity contribution in [2.75, 3.05) is 5.32 Å². The molecule has 4 nitrogen and oxygen atoms in total. The molecule has 2 aromatic rings. The molecule has 0 spiro atoms. The maximum absolute atomic E-state index is 12.7. The van der Waals surface area contributed by atoms with Crippen LogP contribution in [0.3, 0.4) is 0 Å². The van der Waals surface area contributed by atoms with Crippen LogP contribution in [0.1, 0.15) is 5.56 Å². The molecular formula is C14H10BrFN2O2. The highest BCUT2D eigenvalue weighted by molar-refractivity contribution is 9.10. The van der Waals surface area contributed by atoms with Crippen LogP contribution in [0.5, 0.6) is 0 Å². The zero-order chi connectivity index (χ0) is 14.5. The summed E-state index contributed by atoms with van der Waals surface area (Å²) in [4.78, 5) is 25.6. The molecule has 0 saturated heterocycles. The number of hydrogen-bond donors (Lipinski definition) is 2. The van der Waals surface area contributed by atoms with Gasteiger partial charge in [0.1, 0.15) is 11.5 Å². The van der Waals surface area contributed by atoms with Crippen molar-refractivity contribution in [2.45, 2.75) is 0 Å². The van der Waals surface area contributed by atoms with Crippen LogP contribution < -0.4 is 10.9 Å². The van der Waals surface area contributed by atoms with E-state index in [1.165, 1.54) is 36.5 Å². The number of carbonyl (C=O) groups excluding carboxylic acids is 1. The van der Waals surface area contributed by atoms with Gasteiger partial charge in [0.15, 0.2) is 0 Å². The predicted octanol–water partition coefficient (Wildman–Crippen LogP) is 2.93. The molecule has 1 aromatic heterocycles. The minimum atomic E-state index is -0.446. The minimum absolute atomic E-state index is 0.146. The third-order valence-electron chi connectivity index (χ3n) is 2.42. The van der Waals surface area contributed by atoms with Gasteiger partial charge in [0.2, 0.25) is 5.91 Å². The van der Waals surface area contributed by atoms with Gasteiger partial charge >= 0.3 is 0 Å². The second-order valence-corrected chi connectivity index (χ2v) is 4.85. The monoisotopic (exact) mass is 336 g/mol. The predicted molar refractivity (Wildman–Crippen MR) is 78.8 cm³/mol. The molecule has 2 N–H and O–H groups in total. The quantitative estimate of drug-likeness (QED) is 0.846. The Balaban J connectivity index is 2.07. The number of amides is 1. The number of anilines is 1. The van der Waals surface area contributed by atoms with Crippen molar-refractivity contribution in [2.24, 2.45) is 0 Å². The average molecular weight is 337 g/mol. The lowest BCUT2D eigenvalue weighted by Crippen LogP contribution is -2.17. The zero-order valence-electron chi connectivity index (χ0n) is 10.2. The van der Waals surface area contributed by atoms with Crippen LogP contribution in [0.25, 0.3) is 6.08 Å². The Morgan fingerprint density at radius 2 is 2.00 bits per heavy atom. The number of halogens is 2. The van der Waals surface area contributed by atoms with Gasteiger partial charge in [0, 0.05) is 16.7 Å². The van der Waals surface area contributed by atoms with Crippen LogP contribution in [0.2, 0.25) is 0 Å². The van der Waals surface area contributed by atoms with E-state index in [0.29, 0.717) is 10.0 Å². The molecule has 0 fully saturated rings. The molecule has 0 bridgehead atoms. The van der Waals surface area contributed by atoms with Gasteiger partial charge in [-0.3, -0.25) is 9.59 Å².